The predicted molar refractivity (Wildman–Crippen MR) is 124 cm³/mol. The average molecular weight is 431 g/mol. The van der Waals surface area contributed by atoms with Gasteiger partial charge in [-0.25, -0.2) is 9.07 Å². The molecule has 4 rings (SSSR count). The van der Waals surface area contributed by atoms with Crippen LogP contribution in [-0.4, -0.2) is 20.8 Å². The van der Waals surface area contributed by atoms with Crippen LogP contribution < -0.4 is 10.6 Å². The SMILES string of the molecule is Cc1ccc(-c2nn(-c3ccccc3)cc2C(=O)NC(=S)Nc2ccc(F)cc2)cc1. The molecule has 1 aromatic heterocycles. The van der Waals surface area contributed by atoms with Gasteiger partial charge in [0.25, 0.3) is 5.91 Å². The van der Waals surface area contributed by atoms with Gasteiger partial charge in [0, 0.05) is 17.4 Å². The first-order valence-corrected chi connectivity index (χ1v) is 10.0. The maximum absolute atomic E-state index is 13.1. The Hall–Kier alpha value is -3.84. The molecule has 0 atom stereocenters. The van der Waals surface area contributed by atoms with E-state index in [-0.39, 0.29) is 10.9 Å². The highest BCUT2D eigenvalue weighted by molar-refractivity contribution is 7.80. The molecule has 0 saturated heterocycles. The molecule has 3 aromatic carbocycles. The van der Waals surface area contributed by atoms with Crippen LogP contribution in [0.25, 0.3) is 16.9 Å². The number of halogens is 1. The van der Waals surface area contributed by atoms with Gasteiger partial charge in [0.05, 0.1) is 11.3 Å². The van der Waals surface area contributed by atoms with E-state index in [0.29, 0.717) is 16.9 Å². The van der Waals surface area contributed by atoms with Crippen LogP contribution in [0, 0.1) is 12.7 Å². The summed E-state index contributed by atoms with van der Waals surface area (Å²) in [6, 6.07) is 23.1. The summed E-state index contributed by atoms with van der Waals surface area (Å²) >= 11 is 5.26. The van der Waals surface area contributed by atoms with Crippen molar-refractivity contribution >= 4 is 28.9 Å². The number of carbonyl (C=O) groups is 1. The van der Waals surface area contributed by atoms with Crippen LogP contribution in [0.4, 0.5) is 10.1 Å². The van der Waals surface area contributed by atoms with Crippen molar-refractivity contribution in [3.05, 3.63) is 102 Å². The first kappa shape index (κ1) is 20.4. The summed E-state index contributed by atoms with van der Waals surface area (Å²) in [6.07, 6.45) is 1.68. The monoisotopic (exact) mass is 430 g/mol. The van der Waals surface area contributed by atoms with Crippen molar-refractivity contribution in [2.45, 2.75) is 6.92 Å². The molecule has 0 saturated carbocycles. The Labute approximate surface area is 184 Å². The number of aryl methyl sites for hydroxylation is 1. The maximum Gasteiger partial charge on any atom is 0.261 e. The summed E-state index contributed by atoms with van der Waals surface area (Å²) in [6.45, 7) is 2.00. The molecule has 1 heterocycles. The third-order valence-electron chi connectivity index (χ3n) is 4.63. The number of amides is 1. The molecule has 2 N–H and O–H groups in total. The quantitative estimate of drug-likeness (QED) is 0.442. The average Bonchev–Trinajstić information content (AvgIpc) is 3.22. The fraction of sp³-hybridized carbons (Fsp3) is 0.0417. The fourth-order valence-electron chi connectivity index (χ4n) is 3.04. The van der Waals surface area contributed by atoms with E-state index >= 15 is 0 Å². The highest BCUT2D eigenvalue weighted by Crippen LogP contribution is 2.24. The molecule has 4 aromatic rings. The van der Waals surface area contributed by atoms with Gasteiger partial charge < -0.3 is 5.32 Å². The Bertz CT molecular complexity index is 1220. The van der Waals surface area contributed by atoms with Crippen molar-refractivity contribution < 1.29 is 9.18 Å². The molecule has 0 bridgehead atoms. The molecule has 0 spiro atoms. The van der Waals surface area contributed by atoms with Crippen LogP contribution in [-0.2, 0) is 0 Å². The third-order valence-corrected chi connectivity index (χ3v) is 4.84. The second-order valence-electron chi connectivity index (χ2n) is 6.95. The number of rotatable bonds is 4. The summed E-state index contributed by atoms with van der Waals surface area (Å²) in [5.41, 5.74) is 4.28. The highest BCUT2D eigenvalue weighted by atomic mass is 32.1. The third kappa shape index (κ3) is 4.84. The van der Waals surface area contributed by atoms with E-state index in [2.05, 4.69) is 15.7 Å². The number of hydrogen-bond donors (Lipinski definition) is 2. The molecule has 0 aliphatic rings. The standard InChI is InChI=1S/C24H19FN4OS/c1-16-7-9-17(10-8-16)22-21(15-29(28-22)20-5-3-2-4-6-20)23(30)27-24(31)26-19-13-11-18(25)12-14-19/h2-15H,1H3,(H2,26,27,30,31). The molecule has 31 heavy (non-hydrogen) atoms. The smallest absolute Gasteiger partial charge is 0.261 e. The van der Waals surface area contributed by atoms with Gasteiger partial charge in [-0.05, 0) is 55.5 Å². The number of anilines is 1. The van der Waals surface area contributed by atoms with Crippen molar-refractivity contribution in [2.75, 3.05) is 5.32 Å². The van der Waals surface area contributed by atoms with E-state index in [1.54, 1.807) is 23.0 Å². The zero-order valence-electron chi connectivity index (χ0n) is 16.7. The van der Waals surface area contributed by atoms with Gasteiger partial charge in [0.15, 0.2) is 5.11 Å². The van der Waals surface area contributed by atoms with E-state index in [1.807, 2.05) is 61.5 Å². The summed E-state index contributed by atoms with van der Waals surface area (Å²) < 4.78 is 14.8. The Morgan fingerprint density at radius 2 is 1.65 bits per heavy atom. The zero-order valence-corrected chi connectivity index (χ0v) is 17.5. The molecule has 0 unspecified atom stereocenters. The summed E-state index contributed by atoms with van der Waals surface area (Å²) in [5, 5.41) is 10.3. The van der Waals surface area contributed by atoms with Gasteiger partial charge >= 0.3 is 0 Å². The Morgan fingerprint density at radius 3 is 2.32 bits per heavy atom. The molecule has 0 fully saturated rings. The minimum atomic E-state index is -0.391. The van der Waals surface area contributed by atoms with Crippen LogP contribution >= 0.6 is 12.2 Å². The van der Waals surface area contributed by atoms with Gasteiger partial charge in [0.2, 0.25) is 0 Å². The number of carbonyl (C=O) groups excluding carboxylic acids is 1. The van der Waals surface area contributed by atoms with Crippen LogP contribution in [0.15, 0.2) is 85.1 Å². The summed E-state index contributed by atoms with van der Waals surface area (Å²) in [5.74, 6) is -0.742. The predicted octanol–water partition coefficient (Wildman–Crippen LogP) is 5.11. The summed E-state index contributed by atoms with van der Waals surface area (Å²) in [4.78, 5) is 13.1. The Balaban J connectivity index is 1.62. The van der Waals surface area contributed by atoms with Crippen LogP contribution in [0.1, 0.15) is 15.9 Å². The first-order chi connectivity index (χ1) is 15.0. The molecule has 0 aliphatic carbocycles. The van der Waals surface area contributed by atoms with E-state index in [4.69, 9.17) is 12.2 Å². The topological polar surface area (TPSA) is 59.0 Å². The molecule has 5 nitrogen and oxygen atoms in total. The number of nitrogens with one attached hydrogen (secondary N) is 2. The molecule has 154 valence electrons. The zero-order chi connectivity index (χ0) is 21.8. The van der Waals surface area contributed by atoms with Crippen molar-refractivity contribution in [1.29, 1.82) is 0 Å². The lowest BCUT2D eigenvalue weighted by Crippen LogP contribution is -2.34. The molecule has 7 heteroatoms. The Morgan fingerprint density at radius 1 is 0.968 bits per heavy atom. The minimum absolute atomic E-state index is 0.110. The van der Waals surface area contributed by atoms with E-state index < -0.39 is 5.91 Å². The normalized spacial score (nSPS) is 10.5. The van der Waals surface area contributed by atoms with Gasteiger partial charge in [-0.1, -0.05) is 48.0 Å². The van der Waals surface area contributed by atoms with Gasteiger partial charge in [-0.15, -0.1) is 0 Å². The molecule has 0 aliphatic heterocycles. The molecular weight excluding hydrogens is 411 g/mol. The van der Waals surface area contributed by atoms with E-state index in [0.717, 1.165) is 16.8 Å². The molecule has 1 amide bonds. The number of thiocarbonyl (C=S) groups is 1. The Kier molecular flexibility index (Phi) is 5.86. The highest BCUT2D eigenvalue weighted by Gasteiger charge is 2.19. The van der Waals surface area contributed by atoms with Crippen LogP contribution in [0.2, 0.25) is 0 Å². The van der Waals surface area contributed by atoms with Crippen molar-refractivity contribution in [3.63, 3.8) is 0 Å². The molecular formula is C24H19FN4OS. The van der Waals surface area contributed by atoms with Crippen molar-refractivity contribution in [1.82, 2.24) is 15.1 Å². The van der Waals surface area contributed by atoms with Crippen LogP contribution in [0.3, 0.4) is 0 Å². The second-order valence-corrected chi connectivity index (χ2v) is 7.36. The minimum Gasteiger partial charge on any atom is -0.332 e. The van der Waals surface area contributed by atoms with E-state index in [9.17, 15) is 9.18 Å². The van der Waals surface area contributed by atoms with Crippen LogP contribution in [0.5, 0.6) is 0 Å². The van der Waals surface area contributed by atoms with Crippen molar-refractivity contribution in [3.8, 4) is 16.9 Å². The lowest BCUT2D eigenvalue weighted by Gasteiger charge is -2.09. The number of nitrogens with zero attached hydrogens (tertiary/aromatic N) is 2. The summed E-state index contributed by atoms with van der Waals surface area (Å²) in [7, 11) is 0. The van der Waals surface area contributed by atoms with E-state index in [1.165, 1.54) is 12.1 Å². The lowest BCUT2D eigenvalue weighted by molar-refractivity contribution is 0.0978. The first-order valence-electron chi connectivity index (χ1n) is 9.59. The number of benzene rings is 3. The maximum atomic E-state index is 13.1. The van der Waals surface area contributed by atoms with Gasteiger partial charge in [0.1, 0.15) is 11.5 Å². The molecule has 0 radical (unpaired) electrons. The lowest BCUT2D eigenvalue weighted by atomic mass is 10.1. The van der Waals surface area contributed by atoms with Crippen molar-refractivity contribution in [2.24, 2.45) is 0 Å². The fourth-order valence-corrected chi connectivity index (χ4v) is 3.25. The number of para-hydroxylation sites is 1. The van der Waals surface area contributed by atoms with Gasteiger partial charge in [-0.2, -0.15) is 5.10 Å². The number of hydrogen-bond acceptors (Lipinski definition) is 3. The van der Waals surface area contributed by atoms with Gasteiger partial charge in [-0.3, -0.25) is 10.1 Å². The largest absolute Gasteiger partial charge is 0.332 e. The number of aromatic nitrogens is 2. The second kappa shape index (κ2) is 8.89.